The normalized spacial score (nSPS) is 12.9. The summed E-state index contributed by atoms with van der Waals surface area (Å²) >= 11 is 6.15. The third-order valence-corrected chi connectivity index (χ3v) is 12.8. The van der Waals surface area contributed by atoms with Gasteiger partial charge in [-0.3, -0.25) is 9.59 Å². The Bertz CT molecular complexity index is 2760. The lowest BCUT2D eigenvalue weighted by Crippen LogP contribution is -2.21. The summed E-state index contributed by atoms with van der Waals surface area (Å²) in [5.74, 6) is 0.286. The lowest BCUT2D eigenvalue weighted by molar-refractivity contribution is -0.138. The van der Waals surface area contributed by atoms with Crippen molar-refractivity contribution in [2.75, 3.05) is 23.4 Å². The van der Waals surface area contributed by atoms with Crippen LogP contribution in [0.15, 0.2) is 133 Å². The molecule has 0 bridgehead atoms. The van der Waals surface area contributed by atoms with Gasteiger partial charge in [0, 0.05) is 53.2 Å². The Labute approximate surface area is 428 Å². The fourth-order valence-electron chi connectivity index (χ4n) is 8.51. The van der Waals surface area contributed by atoms with Crippen molar-refractivity contribution >= 4 is 45.9 Å². The van der Waals surface area contributed by atoms with Crippen molar-refractivity contribution in [1.82, 2.24) is 0 Å². The summed E-state index contributed by atoms with van der Waals surface area (Å²) in [5, 5.41) is 0.639. The molecular weight excluding hydrogens is 975 g/mol. The number of hydrogen-bond acceptors (Lipinski definition) is 4. The van der Waals surface area contributed by atoms with E-state index in [4.69, 9.17) is 11.6 Å². The quantitative estimate of drug-likeness (QED) is 0.0854. The highest BCUT2D eigenvalue weighted by Gasteiger charge is 2.32. The number of benzene rings is 6. The van der Waals surface area contributed by atoms with E-state index in [-0.39, 0.29) is 23.4 Å². The van der Waals surface area contributed by atoms with Crippen molar-refractivity contribution in [2.45, 2.75) is 105 Å². The van der Waals surface area contributed by atoms with Crippen LogP contribution in [0.2, 0.25) is 5.02 Å². The van der Waals surface area contributed by atoms with Gasteiger partial charge in [0.2, 0.25) is 0 Å². The second-order valence-corrected chi connectivity index (χ2v) is 20.2. The van der Waals surface area contributed by atoms with Crippen molar-refractivity contribution < 1.29 is 49.1 Å². The molecular formula is C59H62ClF9N2O2. The van der Waals surface area contributed by atoms with Crippen LogP contribution in [0.1, 0.15) is 114 Å². The monoisotopic (exact) mass is 1040 g/mol. The van der Waals surface area contributed by atoms with Crippen LogP contribution in [0.4, 0.5) is 62.3 Å². The minimum atomic E-state index is -4.47. The first-order valence-corrected chi connectivity index (χ1v) is 24.5. The molecule has 0 spiro atoms. The minimum Gasteiger partial charge on any atom is -0.345 e. The highest BCUT2D eigenvalue weighted by atomic mass is 35.5. The second kappa shape index (κ2) is 24.3. The van der Waals surface area contributed by atoms with E-state index in [1.54, 1.807) is 37.1 Å². The van der Waals surface area contributed by atoms with Crippen LogP contribution in [0, 0.1) is 17.8 Å². The molecule has 0 aliphatic rings. The molecule has 6 aromatic carbocycles. The number of carbonyl (C=O) groups excluding carboxylic acids is 2. The molecule has 0 N–H and O–H groups in total. The lowest BCUT2D eigenvalue weighted by atomic mass is 9.85. The number of hydrogen-bond donors (Lipinski definition) is 0. The molecule has 73 heavy (non-hydrogen) atoms. The largest absolute Gasteiger partial charge is 0.416 e. The first kappa shape index (κ1) is 57.8. The highest BCUT2D eigenvalue weighted by molar-refractivity contribution is 6.30. The van der Waals surface area contributed by atoms with E-state index in [0.717, 1.165) is 71.9 Å². The number of ketones is 2. The second-order valence-electron chi connectivity index (χ2n) is 19.8. The maximum absolute atomic E-state index is 13.2. The SMILES string of the molecule is CC(=O)C(CC(C)C)c1cc(-c2ccc(C(F)(F)F)cc2)cc(N(C)c2ccc(C(F)(F)F)cc2)c1.CC(=O)C(CC(C)C)c1cc(-c2ccc(C(F)(F)F)cc2)cc(N(CCC(C)C)c2ccc(Cl)cc2)c1. The van der Waals surface area contributed by atoms with Gasteiger partial charge in [0.25, 0.3) is 0 Å². The van der Waals surface area contributed by atoms with Crippen molar-refractivity contribution in [3.8, 4) is 22.3 Å². The third-order valence-electron chi connectivity index (χ3n) is 12.5. The Morgan fingerprint density at radius 1 is 0.452 bits per heavy atom. The smallest absolute Gasteiger partial charge is 0.345 e. The van der Waals surface area contributed by atoms with E-state index < -0.39 is 41.1 Å². The first-order valence-electron chi connectivity index (χ1n) is 24.1. The van der Waals surface area contributed by atoms with Gasteiger partial charge in [-0.15, -0.1) is 0 Å². The first-order chi connectivity index (χ1) is 34.0. The molecule has 0 aliphatic heterocycles. The van der Waals surface area contributed by atoms with Crippen molar-refractivity contribution in [3.63, 3.8) is 0 Å². The van der Waals surface area contributed by atoms with Gasteiger partial charge in [-0.25, -0.2) is 0 Å². The molecule has 0 heterocycles. The Balaban J connectivity index is 0.000000271. The average Bonchev–Trinajstić information content (AvgIpc) is 3.31. The summed E-state index contributed by atoms with van der Waals surface area (Å²) in [6.07, 6.45) is -11.1. The Kier molecular flexibility index (Phi) is 19.2. The number of nitrogens with zero attached hydrogens (tertiary/aromatic N) is 2. The van der Waals surface area contributed by atoms with Crippen molar-refractivity contribution in [3.05, 3.63) is 166 Å². The Morgan fingerprint density at radius 2 is 0.808 bits per heavy atom. The van der Waals surface area contributed by atoms with E-state index >= 15 is 0 Å². The summed E-state index contributed by atoms with van der Waals surface area (Å²) < 4.78 is 118. The maximum Gasteiger partial charge on any atom is 0.416 e. The lowest BCUT2D eigenvalue weighted by Gasteiger charge is -2.28. The molecule has 0 aliphatic carbocycles. The fraction of sp³-hybridized carbons (Fsp3) is 0.356. The fourth-order valence-corrected chi connectivity index (χ4v) is 8.64. The van der Waals surface area contributed by atoms with Crippen LogP contribution in [0.3, 0.4) is 0 Å². The molecule has 4 nitrogen and oxygen atoms in total. The van der Waals surface area contributed by atoms with Gasteiger partial charge in [0.05, 0.1) is 16.7 Å². The van der Waals surface area contributed by atoms with Crippen LogP contribution >= 0.6 is 11.6 Å². The van der Waals surface area contributed by atoms with Gasteiger partial charge in [0.15, 0.2) is 0 Å². The summed E-state index contributed by atoms with van der Waals surface area (Å²) in [5.41, 5.74) is 4.85. The number of carbonyl (C=O) groups is 2. The Morgan fingerprint density at radius 3 is 1.16 bits per heavy atom. The van der Waals surface area contributed by atoms with E-state index in [9.17, 15) is 49.1 Å². The van der Waals surface area contributed by atoms with Crippen molar-refractivity contribution in [2.24, 2.45) is 17.8 Å². The molecule has 6 rings (SSSR count). The van der Waals surface area contributed by atoms with E-state index in [2.05, 4.69) is 38.7 Å². The number of halogens is 10. The van der Waals surface area contributed by atoms with Gasteiger partial charge >= 0.3 is 18.5 Å². The number of rotatable bonds is 17. The topological polar surface area (TPSA) is 40.6 Å². The van der Waals surface area contributed by atoms with Gasteiger partial charge in [-0.1, -0.05) is 89.5 Å². The Hall–Kier alpha value is -6.08. The van der Waals surface area contributed by atoms with Gasteiger partial charge in [0.1, 0.15) is 11.6 Å². The van der Waals surface area contributed by atoms with Crippen LogP contribution in [-0.4, -0.2) is 25.2 Å². The van der Waals surface area contributed by atoms with Gasteiger partial charge in [-0.05, 0) is 181 Å². The zero-order chi connectivity index (χ0) is 54.2. The zero-order valence-corrected chi connectivity index (χ0v) is 43.2. The maximum atomic E-state index is 13.2. The number of anilines is 4. The summed E-state index contributed by atoms with van der Waals surface area (Å²) in [6.45, 7) is 16.3. The van der Waals surface area contributed by atoms with E-state index in [1.807, 2.05) is 50.2 Å². The molecule has 0 amide bonds. The average molecular weight is 1040 g/mol. The molecule has 2 atom stereocenters. The molecule has 390 valence electrons. The van der Waals surface area contributed by atoms with E-state index in [0.29, 0.717) is 63.3 Å². The number of Topliss-reactive ketones (excluding diaryl/α,β-unsaturated/α-hetero) is 2. The van der Waals surface area contributed by atoms with Crippen LogP contribution in [0.25, 0.3) is 22.3 Å². The molecule has 2 unspecified atom stereocenters. The van der Waals surface area contributed by atoms with Gasteiger partial charge < -0.3 is 9.80 Å². The van der Waals surface area contributed by atoms with Crippen LogP contribution in [0.5, 0.6) is 0 Å². The highest BCUT2D eigenvalue weighted by Crippen LogP contribution is 2.40. The van der Waals surface area contributed by atoms with E-state index in [1.165, 1.54) is 43.3 Å². The summed E-state index contributed by atoms with van der Waals surface area (Å²) in [7, 11) is 1.68. The van der Waals surface area contributed by atoms with Gasteiger partial charge in [-0.2, -0.15) is 39.5 Å². The summed E-state index contributed by atoms with van der Waals surface area (Å²) in [4.78, 5) is 29.1. The van der Waals surface area contributed by atoms with Crippen molar-refractivity contribution in [1.29, 1.82) is 0 Å². The molecule has 0 aromatic heterocycles. The summed E-state index contributed by atoms with van der Waals surface area (Å²) in [6, 6.07) is 33.6. The molecule has 0 fully saturated rings. The zero-order valence-electron chi connectivity index (χ0n) is 42.4. The molecule has 14 heteroatoms. The molecule has 6 aromatic rings. The van der Waals surface area contributed by atoms with Crippen LogP contribution < -0.4 is 9.80 Å². The molecule has 0 radical (unpaired) electrons. The standard InChI is InChI=1S/C31H35ClF3NO.C28H27F6NO/c1-20(2)14-15-36(28-12-10-27(32)11-13-28)29-18-24(23-6-8-26(9-7-23)31(33,34)35)17-25(19-29)30(22(5)37)16-21(3)4;1-17(2)13-26(18(3)36)21-14-20(19-5-7-22(8-6-19)27(29,30)31)15-25(16-21)35(4)24-11-9-23(10-12-24)28(32,33)34/h6-13,17-21,30H,14-16H2,1-5H3;5-12,14-17,26H,13H2,1-4H3. The molecule has 0 saturated heterocycles. The molecule has 0 saturated carbocycles. The predicted molar refractivity (Wildman–Crippen MR) is 277 cm³/mol. The third kappa shape index (κ3) is 16.2. The predicted octanol–water partition coefficient (Wildman–Crippen LogP) is 18.8. The van der Waals surface area contributed by atoms with Crippen LogP contribution in [-0.2, 0) is 28.1 Å². The number of alkyl halides is 9. The minimum absolute atomic E-state index is 0.0450.